The fraction of sp³-hybridized carbons (Fsp3) is 1.00. The highest BCUT2D eigenvalue weighted by atomic mass is 16.5. The Bertz CT molecular complexity index is 182. The maximum absolute atomic E-state index is 9.16. The van der Waals surface area contributed by atoms with Gasteiger partial charge in [-0.25, -0.2) is 0 Å². The summed E-state index contributed by atoms with van der Waals surface area (Å²) in [7, 11) is 1.80. The Morgan fingerprint density at radius 2 is 2.13 bits per heavy atom. The highest BCUT2D eigenvalue weighted by molar-refractivity contribution is 4.81. The molecule has 1 rings (SSSR count). The molecule has 1 saturated carbocycles. The SMILES string of the molecule is COC1CCCC(NCC(C)(C)CO)C1. The number of ether oxygens (including phenoxy) is 1. The number of aliphatic hydroxyl groups is 1. The summed E-state index contributed by atoms with van der Waals surface area (Å²) in [6.07, 6.45) is 5.21. The Kier molecular flexibility index (Phi) is 5.03. The molecule has 0 heterocycles. The van der Waals surface area contributed by atoms with E-state index < -0.39 is 0 Å². The van der Waals surface area contributed by atoms with Crippen LogP contribution in [0.15, 0.2) is 0 Å². The fourth-order valence-corrected chi connectivity index (χ4v) is 2.02. The van der Waals surface area contributed by atoms with E-state index in [1.165, 1.54) is 19.3 Å². The van der Waals surface area contributed by atoms with Gasteiger partial charge < -0.3 is 15.2 Å². The van der Waals surface area contributed by atoms with Crippen LogP contribution in [0.5, 0.6) is 0 Å². The summed E-state index contributed by atoms with van der Waals surface area (Å²) in [6, 6.07) is 0.564. The summed E-state index contributed by atoms with van der Waals surface area (Å²) in [4.78, 5) is 0. The third-order valence-corrected chi connectivity index (χ3v) is 3.26. The molecule has 0 bridgehead atoms. The van der Waals surface area contributed by atoms with Crippen molar-refractivity contribution in [3.8, 4) is 0 Å². The van der Waals surface area contributed by atoms with Crippen LogP contribution in [0.25, 0.3) is 0 Å². The summed E-state index contributed by atoms with van der Waals surface area (Å²) >= 11 is 0. The lowest BCUT2D eigenvalue weighted by atomic mass is 9.90. The van der Waals surface area contributed by atoms with Crippen LogP contribution in [0, 0.1) is 5.41 Å². The first kappa shape index (κ1) is 12.9. The van der Waals surface area contributed by atoms with Crippen molar-refractivity contribution < 1.29 is 9.84 Å². The molecule has 0 radical (unpaired) electrons. The Hall–Kier alpha value is -0.120. The van der Waals surface area contributed by atoms with Crippen molar-refractivity contribution in [3.63, 3.8) is 0 Å². The summed E-state index contributed by atoms with van der Waals surface area (Å²) in [5.74, 6) is 0. The van der Waals surface area contributed by atoms with Gasteiger partial charge in [0.05, 0.1) is 6.10 Å². The molecule has 1 aliphatic rings. The van der Waals surface area contributed by atoms with Gasteiger partial charge in [-0.3, -0.25) is 0 Å². The maximum atomic E-state index is 9.16. The number of hydrogen-bond acceptors (Lipinski definition) is 3. The van der Waals surface area contributed by atoms with Gasteiger partial charge in [0.1, 0.15) is 0 Å². The molecule has 3 nitrogen and oxygen atoms in total. The van der Waals surface area contributed by atoms with Gasteiger partial charge in [-0.15, -0.1) is 0 Å². The van der Waals surface area contributed by atoms with Crippen molar-refractivity contribution in [3.05, 3.63) is 0 Å². The smallest absolute Gasteiger partial charge is 0.0586 e. The summed E-state index contributed by atoms with van der Waals surface area (Å²) in [6.45, 7) is 5.28. The molecule has 0 aliphatic heterocycles. The average Bonchev–Trinajstić information content (AvgIpc) is 2.27. The largest absolute Gasteiger partial charge is 0.396 e. The van der Waals surface area contributed by atoms with E-state index in [2.05, 4.69) is 19.2 Å². The van der Waals surface area contributed by atoms with Gasteiger partial charge >= 0.3 is 0 Å². The number of rotatable bonds is 5. The molecule has 0 amide bonds. The first-order chi connectivity index (χ1) is 7.07. The van der Waals surface area contributed by atoms with E-state index in [1.54, 1.807) is 7.11 Å². The minimum atomic E-state index is -0.0139. The van der Waals surface area contributed by atoms with E-state index in [0.717, 1.165) is 13.0 Å². The van der Waals surface area contributed by atoms with Crippen LogP contribution in [0.3, 0.4) is 0 Å². The highest BCUT2D eigenvalue weighted by Gasteiger charge is 2.23. The lowest BCUT2D eigenvalue weighted by molar-refractivity contribution is 0.0553. The van der Waals surface area contributed by atoms with Crippen LogP contribution in [-0.4, -0.2) is 37.5 Å². The van der Waals surface area contributed by atoms with E-state index in [1.807, 2.05) is 0 Å². The zero-order valence-corrected chi connectivity index (χ0v) is 10.3. The van der Waals surface area contributed by atoms with Crippen LogP contribution in [-0.2, 0) is 4.74 Å². The van der Waals surface area contributed by atoms with Gasteiger partial charge in [-0.05, 0) is 25.7 Å². The predicted molar refractivity (Wildman–Crippen MR) is 61.9 cm³/mol. The van der Waals surface area contributed by atoms with Crippen LogP contribution in [0.1, 0.15) is 39.5 Å². The normalized spacial score (nSPS) is 28.0. The molecule has 2 N–H and O–H groups in total. The third-order valence-electron chi connectivity index (χ3n) is 3.26. The third kappa shape index (κ3) is 4.49. The van der Waals surface area contributed by atoms with E-state index >= 15 is 0 Å². The standard InChI is InChI=1S/C12H25NO2/c1-12(2,9-14)8-13-10-5-4-6-11(7-10)15-3/h10-11,13-14H,4-9H2,1-3H3. The van der Waals surface area contributed by atoms with Crippen LogP contribution in [0.4, 0.5) is 0 Å². The van der Waals surface area contributed by atoms with Crippen LogP contribution < -0.4 is 5.32 Å². The van der Waals surface area contributed by atoms with Crippen molar-refractivity contribution in [2.45, 2.75) is 51.7 Å². The Morgan fingerprint density at radius 3 is 2.73 bits per heavy atom. The minimum Gasteiger partial charge on any atom is -0.396 e. The van der Waals surface area contributed by atoms with Crippen molar-refractivity contribution in [1.82, 2.24) is 5.32 Å². The van der Waals surface area contributed by atoms with Crippen molar-refractivity contribution in [2.24, 2.45) is 5.41 Å². The van der Waals surface area contributed by atoms with Gasteiger partial charge in [0.2, 0.25) is 0 Å². The lowest BCUT2D eigenvalue weighted by Crippen LogP contribution is -2.42. The lowest BCUT2D eigenvalue weighted by Gasteiger charge is -2.32. The van der Waals surface area contributed by atoms with Gasteiger partial charge in [0.25, 0.3) is 0 Å². The summed E-state index contributed by atoms with van der Waals surface area (Å²) in [5, 5.41) is 12.7. The van der Waals surface area contributed by atoms with E-state index in [-0.39, 0.29) is 12.0 Å². The van der Waals surface area contributed by atoms with Gasteiger partial charge in [-0.2, -0.15) is 0 Å². The number of nitrogens with one attached hydrogen (secondary N) is 1. The van der Waals surface area contributed by atoms with Crippen molar-refractivity contribution in [1.29, 1.82) is 0 Å². The molecule has 3 heteroatoms. The second-order valence-corrected chi connectivity index (χ2v) is 5.42. The Balaban J connectivity index is 2.26. The number of methoxy groups -OCH3 is 1. The molecule has 0 aromatic carbocycles. The van der Waals surface area contributed by atoms with Gasteiger partial charge in [0.15, 0.2) is 0 Å². The van der Waals surface area contributed by atoms with Gasteiger partial charge in [-0.1, -0.05) is 13.8 Å². The van der Waals surface area contributed by atoms with Crippen LogP contribution >= 0.6 is 0 Å². The maximum Gasteiger partial charge on any atom is 0.0586 e. The van der Waals surface area contributed by atoms with Gasteiger partial charge in [0, 0.05) is 31.7 Å². The van der Waals surface area contributed by atoms with E-state index in [4.69, 9.17) is 9.84 Å². The molecule has 0 saturated heterocycles. The first-order valence-electron chi connectivity index (χ1n) is 5.94. The predicted octanol–water partition coefficient (Wildman–Crippen LogP) is 1.55. The molecule has 2 atom stereocenters. The topological polar surface area (TPSA) is 41.5 Å². The molecular weight excluding hydrogens is 190 g/mol. The Morgan fingerprint density at radius 1 is 1.40 bits per heavy atom. The second kappa shape index (κ2) is 5.83. The molecule has 0 aromatic rings. The average molecular weight is 215 g/mol. The molecule has 1 aliphatic carbocycles. The molecular formula is C12H25NO2. The second-order valence-electron chi connectivity index (χ2n) is 5.42. The summed E-state index contributed by atoms with van der Waals surface area (Å²) in [5.41, 5.74) is -0.0139. The molecule has 90 valence electrons. The first-order valence-corrected chi connectivity index (χ1v) is 5.94. The minimum absolute atomic E-state index is 0.0139. The zero-order valence-electron chi connectivity index (χ0n) is 10.3. The monoisotopic (exact) mass is 215 g/mol. The quantitative estimate of drug-likeness (QED) is 0.731. The summed E-state index contributed by atoms with van der Waals surface area (Å²) < 4.78 is 5.39. The van der Waals surface area contributed by atoms with E-state index in [0.29, 0.717) is 12.1 Å². The molecule has 15 heavy (non-hydrogen) atoms. The Labute approximate surface area is 93.2 Å². The molecule has 1 fully saturated rings. The molecule has 0 aromatic heterocycles. The zero-order chi connectivity index (χ0) is 11.3. The van der Waals surface area contributed by atoms with Crippen LogP contribution in [0.2, 0.25) is 0 Å². The van der Waals surface area contributed by atoms with Crippen molar-refractivity contribution >= 4 is 0 Å². The van der Waals surface area contributed by atoms with E-state index in [9.17, 15) is 0 Å². The number of aliphatic hydroxyl groups excluding tert-OH is 1. The fourth-order valence-electron chi connectivity index (χ4n) is 2.02. The highest BCUT2D eigenvalue weighted by Crippen LogP contribution is 2.21. The molecule has 0 spiro atoms. The number of hydrogen-bond donors (Lipinski definition) is 2. The van der Waals surface area contributed by atoms with Crippen molar-refractivity contribution in [2.75, 3.05) is 20.3 Å². The molecule has 2 unspecified atom stereocenters.